The molecule has 0 heterocycles. The van der Waals surface area contributed by atoms with Crippen LogP contribution in [0.4, 0.5) is 5.69 Å². The maximum absolute atomic E-state index is 12.8. The number of hydrogen-bond donors (Lipinski definition) is 2. The summed E-state index contributed by atoms with van der Waals surface area (Å²) in [5.74, 6) is -1.57. The van der Waals surface area contributed by atoms with E-state index in [1.807, 2.05) is 0 Å². The van der Waals surface area contributed by atoms with E-state index in [-0.39, 0.29) is 22.1 Å². The number of halogens is 2. The molecule has 6 nitrogen and oxygen atoms in total. The van der Waals surface area contributed by atoms with Crippen molar-refractivity contribution in [3.05, 3.63) is 93.5 Å². The van der Waals surface area contributed by atoms with Crippen LogP contribution in [0.3, 0.4) is 0 Å². The number of carboxylic acid groups (broad SMARTS) is 1. The van der Waals surface area contributed by atoms with Crippen molar-refractivity contribution in [2.45, 2.75) is 19.4 Å². The molecule has 3 aromatic carbocycles. The number of benzene rings is 3. The lowest BCUT2D eigenvalue weighted by Crippen LogP contribution is -2.42. The predicted molar refractivity (Wildman–Crippen MR) is 123 cm³/mol. The third-order valence-corrected chi connectivity index (χ3v) is 5.09. The first kappa shape index (κ1) is 23.3. The van der Waals surface area contributed by atoms with Gasteiger partial charge < -0.3 is 15.2 Å². The molecule has 0 spiro atoms. The van der Waals surface area contributed by atoms with Gasteiger partial charge in [0.2, 0.25) is 0 Å². The quantitative estimate of drug-likeness (QED) is 0.429. The smallest absolute Gasteiger partial charge is 0.337 e. The summed E-state index contributed by atoms with van der Waals surface area (Å²) >= 11 is 11.8. The van der Waals surface area contributed by atoms with Crippen LogP contribution in [0, 0.1) is 0 Å². The molecule has 2 N–H and O–H groups in total. The van der Waals surface area contributed by atoms with Crippen LogP contribution in [0.1, 0.15) is 40.1 Å². The van der Waals surface area contributed by atoms with Crippen LogP contribution in [0.2, 0.25) is 10.0 Å². The maximum Gasteiger partial charge on any atom is 0.337 e. The summed E-state index contributed by atoms with van der Waals surface area (Å²) in [7, 11) is 0. The van der Waals surface area contributed by atoms with Crippen LogP contribution in [0.5, 0.6) is 5.75 Å². The zero-order valence-corrected chi connectivity index (χ0v) is 18.7. The van der Waals surface area contributed by atoms with Crippen LogP contribution in [-0.4, -0.2) is 28.4 Å². The van der Waals surface area contributed by atoms with E-state index in [1.165, 1.54) is 18.2 Å². The normalized spacial score (nSPS) is 11.0. The largest absolute Gasteiger partial charge is 0.478 e. The van der Waals surface area contributed by atoms with Gasteiger partial charge in [-0.1, -0.05) is 23.2 Å². The van der Waals surface area contributed by atoms with Gasteiger partial charge in [-0.3, -0.25) is 9.59 Å². The molecule has 0 fully saturated rings. The Bertz CT molecular complexity index is 1170. The van der Waals surface area contributed by atoms with E-state index in [0.29, 0.717) is 21.9 Å². The summed E-state index contributed by atoms with van der Waals surface area (Å²) in [5.41, 5.74) is -0.426. The highest BCUT2D eigenvalue weighted by molar-refractivity contribution is 6.31. The molecule has 3 aromatic rings. The van der Waals surface area contributed by atoms with Crippen LogP contribution >= 0.6 is 23.2 Å². The Labute approximate surface area is 194 Å². The fraction of sp³-hybridized carbons (Fsp3) is 0.125. The molecule has 164 valence electrons. The predicted octanol–water partition coefficient (Wildman–Crippen LogP) is 5.72. The molecule has 3 rings (SSSR count). The Morgan fingerprint density at radius 1 is 0.844 bits per heavy atom. The number of amides is 1. The third kappa shape index (κ3) is 5.46. The molecule has 0 bridgehead atoms. The fourth-order valence-electron chi connectivity index (χ4n) is 2.86. The summed E-state index contributed by atoms with van der Waals surface area (Å²) in [5, 5.41) is 12.7. The highest BCUT2D eigenvalue weighted by Crippen LogP contribution is 2.25. The minimum atomic E-state index is -1.35. The average molecular weight is 472 g/mol. The average Bonchev–Trinajstić information content (AvgIpc) is 2.74. The van der Waals surface area contributed by atoms with Crippen molar-refractivity contribution in [1.82, 2.24) is 0 Å². The zero-order valence-electron chi connectivity index (χ0n) is 17.2. The molecular weight excluding hydrogens is 453 g/mol. The number of ether oxygens (including phenoxy) is 1. The minimum Gasteiger partial charge on any atom is -0.478 e. The van der Waals surface area contributed by atoms with E-state index in [0.717, 1.165) is 0 Å². The van der Waals surface area contributed by atoms with Crippen LogP contribution in [-0.2, 0) is 4.79 Å². The summed E-state index contributed by atoms with van der Waals surface area (Å²) < 4.78 is 5.80. The number of aromatic carboxylic acids is 1. The summed E-state index contributed by atoms with van der Waals surface area (Å²) in [6.45, 7) is 3.08. The lowest BCUT2D eigenvalue weighted by Gasteiger charge is -2.26. The van der Waals surface area contributed by atoms with E-state index in [9.17, 15) is 19.5 Å². The van der Waals surface area contributed by atoms with E-state index < -0.39 is 17.5 Å². The minimum absolute atomic E-state index is 0.0654. The second kappa shape index (κ2) is 9.42. The lowest BCUT2D eigenvalue weighted by molar-refractivity contribution is -0.128. The molecule has 0 aromatic heterocycles. The van der Waals surface area contributed by atoms with Gasteiger partial charge >= 0.3 is 5.97 Å². The topological polar surface area (TPSA) is 92.7 Å². The SMILES string of the molecule is CC(C)(Oc1ccc(C(=O)c2ccc(Cl)cc2)cc1)C(=O)Nc1cc(Cl)ccc1C(=O)O. The van der Waals surface area contributed by atoms with Crippen molar-refractivity contribution in [2.75, 3.05) is 5.32 Å². The lowest BCUT2D eigenvalue weighted by atomic mass is 10.0. The van der Waals surface area contributed by atoms with Gasteiger partial charge in [-0.25, -0.2) is 4.79 Å². The molecule has 0 aliphatic rings. The number of hydrogen-bond acceptors (Lipinski definition) is 4. The number of carboxylic acids is 1. The number of rotatable bonds is 7. The van der Waals surface area contributed by atoms with Crippen LogP contribution in [0.25, 0.3) is 0 Å². The molecule has 0 aliphatic carbocycles. The van der Waals surface area contributed by atoms with Gasteiger partial charge in [0.1, 0.15) is 5.75 Å². The summed E-state index contributed by atoms with van der Waals surface area (Å²) in [6.07, 6.45) is 0. The zero-order chi connectivity index (χ0) is 23.5. The van der Waals surface area contributed by atoms with E-state index in [2.05, 4.69) is 5.32 Å². The number of anilines is 1. The van der Waals surface area contributed by atoms with Crippen LogP contribution < -0.4 is 10.1 Å². The van der Waals surface area contributed by atoms with Crippen molar-refractivity contribution < 1.29 is 24.2 Å². The first-order valence-electron chi connectivity index (χ1n) is 9.50. The first-order valence-corrected chi connectivity index (χ1v) is 10.3. The third-order valence-electron chi connectivity index (χ3n) is 4.60. The molecule has 0 radical (unpaired) electrons. The van der Waals surface area contributed by atoms with Crippen molar-refractivity contribution >= 4 is 46.5 Å². The van der Waals surface area contributed by atoms with Gasteiger partial charge in [-0.05, 0) is 80.6 Å². The first-order chi connectivity index (χ1) is 15.1. The van der Waals surface area contributed by atoms with Crippen molar-refractivity contribution in [2.24, 2.45) is 0 Å². The molecular formula is C24H19Cl2NO5. The molecule has 0 atom stereocenters. The Hall–Kier alpha value is -3.35. The van der Waals surface area contributed by atoms with Gasteiger partial charge in [0.25, 0.3) is 5.91 Å². The Morgan fingerprint density at radius 3 is 1.94 bits per heavy atom. The van der Waals surface area contributed by atoms with E-state index >= 15 is 0 Å². The van der Waals surface area contributed by atoms with E-state index in [4.69, 9.17) is 27.9 Å². The second-order valence-corrected chi connectivity index (χ2v) is 8.29. The van der Waals surface area contributed by atoms with E-state index in [1.54, 1.807) is 62.4 Å². The molecule has 1 amide bonds. The van der Waals surface area contributed by atoms with Crippen molar-refractivity contribution in [3.8, 4) is 5.75 Å². The molecule has 0 saturated carbocycles. The Balaban J connectivity index is 1.73. The van der Waals surface area contributed by atoms with Gasteiger partial charge in [0, 0.05) is 21.2 Å². The summed E-state index contributed by atoms with van der Waals surface area (Å²) in [4.78, 5) is 36.8. The highest BCUT2D eigenvalue weighted by atomic mass is 35.5. The van der Waals surface area contributed by atoms with Crippen LogP contribution in [0.15, 0.2) is 66.7 Å². The van der Waals surface area contributed by atoms with Gasteiger partial charge in [0.05, 0.1) is 11.3 Å². The maximum atomic E-state index is 12.8. The van der Waals surface area contributed by atoms with Crippen molar-refractivity contribution in [3.63, 3.8) is 0 Å². The molecule has 0 saturated heterocycles. The van der Waals surface area contributed by atoms with Gasteiger partial charge in [-0.15, -0.1) is 0 Å². The Morgan fingerprint density at radius 2 is 1.38 bits per heavy atom. The second-order valence-electron chi connectivity index (χ2n) is 7.42. The Kier molecular flexibility index (Phi) is 6.87. The van der Waals surface area contributed by atoms with Crippen molar-refractivity contribution in [1.29, 1.82) is 0 Å². The number of carbonyl (C=O) groups is 3. The molecule has 0 aliphatic heterocycles. The van der Waals surface area contributed by atoms with Gasteiger partial charge in [-0.2, -0.15) is 0 Å². The summed E-state index contributed by atoms with van der Waals surface area (Å²) in [6, 6.07) is 17.0. The monoisotopic (exact) mass is 471 g/mol. The number of carbonyl (C=O) groups excluding carboxylic acids is 2. The molecule has 8 heteroatoms. The fourth-order valence-corrected chi connectivity index (χ4v) is 3.16. The molecule has 32 heavy (non-hydrogen) atoms. The van der Waals surface area contributed by atoms with Gasteiger partial charge in [0.15, 0.2) is 11.4 Å². The highest BCUT2D eigenvalue weighted by Gasteiger charge is 2.31. The standard InChI is InChI=1S/C24H19Cl2NO5/c1-24(2,23(31)27-20-13-17(26)9-12-19(20)22(29)30)32-18-10-5-15(6-11-18)21(28)14-3-7-16(25)8-4-14/h3-13H,1-2H3,(H,27,31)(H,29,30). The number of nitrogens with one attached hydrogen (secondary N) is 1. The number of ketones is 1. The molecule has 0 unspecified atom stereocenters.